The molecule has 1 aromatic carbocycles. The molecule has 0 saturated carbocycles. The molecule has 0 spiro atoms. The number of nitrogens with one attached hydrogen (secondary N) is 2. The second-order valence-electron chi connectivity index (χ2n) is 5.34. The van der Waals surface area contributed by atoms with Gasteiger partial charge in [-0.1, -0.05) is 38.0 Å². The van der Waals surface area contributed by atoms with Gasteiger partial charge in [0.1, 0.15) is 5.69 Å². The van der Waals surface area contributed by atoms with Crippen LogP contribution in [-0.4, -0.2) is 17.4 Å². The Morgan fingerprint density at radius 2 is 1.95 bits per heavy atom. The molecule has 1 aromatic heterocycles. The summed E-state index contributed by atoms with van der Waals surface area (Å²) < 4.78 is 0. The van der Waals surface area contributed by atoms with Crippen molar-refractivity contribution in [3.63, 3.8) is 0 Å². The van der Waals surface area contributed by atoms with Crippen LogP contribution >= 0.6 is 0 Å². The topological polar surface area (TPSA) is 54.0 Å². The largest absolute Gasteiger partial charge is 0.384 e. The predicted octanol–water partition coefficient (Wildman–Crippen LogP) is 4.24. The number of nitrogens with zero attached hydrogens (tertiary/aromatic N) is 1. The smallest absolute Gasteiger partial charge is 0.274 e. The zero-order chi connectivity index (χ0) is 15.8. The number of amides is 1. The van der Waals surface area contributed by atoms with Crippen LogP contribution in [0.15, 0.2) is 42.6 Å². The molecule has 22 heavy (non-hydrogen) atoms. The second kappa shape index (κ2) is 8.17. The van der Waals surface area contributed by atoms with E-state index in [0.29, 0.717) is 5.69 Å². The summed E-state index contributed by atoms with van der Waals surface area (Å²) >= 11 is 0. The number of carbonyl (C=O) groups excluding carboxylic acids is 1. The molecule has 1 amide bonds. The minimum Gasteiger partial charge on any atom is -0.384 e. The van der Waals surface area contributed by atoms with Crippen molar-refractivity contribution in [3.8, 4) is 0 Å². The molecule has 2 rings (SSSR count). The van der Waals surface area contributed by atoms with Crippen LogP contribution in [0.5, 0.6) is 0 Å². The zero-order valence-electron chi connectivity index (χ0n) is 13.2. The molecule has 0 aliphatic rings. The summed E-state index contributed by atoms with van der Waals surface area (Å²) in [6.45, 7) is 5.08. The Labute approximate surface area is 132 Å². The SMILES string of the molecule is CCCCCNc1ccc(C(=O)Nc2ccccc2C)nc1. The highest BCUT2D eigenvalue weighted by Gasteiger charge is 2.08. The lowest BCUT2D eigenvalue weighted by Gasteiger charge is -2.09. The van der Waals surface area contributed by atoms with Crippen LogP contribution in [0.1, 0.15) is 42.2 Å². The van der Waals surface area contributed by atoms with E-state index in [1.54, 1.807) is 12.3 Å². The molecule has 2 aromatic rings. The Morgan fingerprint density at radius 1 is 1.14 bits per heavy atom. The van der Waals surface area contributed by atoms with E-state index < -0.39 is 0 Å². The maximum absolute atomic E-state index is 12.2. The third kappa shape index (κ3) is 4.58. The molecule has 0 radical (unpaired) electrons. The first-order valence-electron chi connectivity index (χ1n) is 7.77. The lowest BCUT2D eigenvalue weighted by Crippen LogP contribution is -2.14. The number of rotatable bonds is 7. The lowest BCUT2D eigenvalue weighted by atomic mass is 10.2. The molecular formula is C18H23N3O. The Hall–Kier alpha value is -2.36. The van der Waals surface area contributed by atoms with E-state index in [4.69, 9.17) is 0 Å². The van der Waals surface area contributed by atoms with Gasteiger partial charge in [0.15, 0.2) is 0 Å². The van der Waals surface area contributed by atoms with E-state index in [1.165, 1.54) is 12.8 Å². The fourth-order valence-electron chi connectivity index (χ4n) is 2.14. The number of benzene rings is 1. The Balaban J connectivity index is 1.92. The van der Waals surface area contributed by atoms with Crippen LogP contribution in [0.25, 0.3) is 0 Å². The van der Waals surface area contributed by atoms with Crippen molar-refractivity contribution in [2.24, 2.45) is 0 Å². The van der Waals surface area contributed by atoms with Gasteiger partial charge in [-0.2, -0.15) is 0 Å². The Bertz CT molecular complexity index is 608. The molecule has 4 nitrogen and oxygen atoms in total. The predicted molar refractivity (Wildman–Crippen MR) is 91.4 cm³/mol. The van der Waals surface area contributed by atoms with Gasteiger partial charge in [-0.3, -0.25) is 4.79 Å². The summed E-state index contributed by atoms with van der Waals surface area (Å²) in [4.78, 5) is 16.4. The average Bonchev–Trinajstić information content (AvgIpc) is 2.54. The van der Waals surface area contributed by atoms with Crippen LogP contribution in [0.4, 0.5) is 11.4 Å². The standard InChI is InChI=1S/C18H23N3O/c1-3-4-7-12-19-15-10-11-17(20-13-15)18(22)21-16-9-6-5-8-14(16)2/h5-6,8-11,13,19H,3-4,7,12H2,1-2H3,(H,21,22). The van der Waals surface area contributed by atoms with Crippen LogP contribution in [0, 0.1) is 6.92 Å². The van der Waals surface area contributed by atoms with Crippen molar-refractivity contribution >= 4 is 17.3 Å². The number of pyridine rings is 1. The third-order valence-corrected chi connectivity index (χ3v) is 3.50. The highest BCUT2D eigenvalue weighted by Crippen LogP contribution is 2.14. The molecule has 116 valence electrons. The van der Waals surface area contributed by atoms with Crippen molar-refractivity contribution in [1.29, 1.82) is 0 Å². The summed E-state index contributed by atoms with van der Waals surface area (Å²) in [5, 5.41) is 6.19. The highest BCUT2D eigenvalue weighted by atomic mass is 16.1. The minimum atomic E-state index is -0.188. The summed E-state index contributed by atoms with van der Waals surface area (Å²) in [7, 11) is 0. The van der Waals surface area contributed by atoms with Crippen LogP contribution in [-0.2, 0) is 0 Å². The van der Waals surface area contributed by atoms with Crippen LogP contribution in [0.2, 0.25) is 0 Å². The second-order valence-corrected chi connectivity index (χ2v) is 5.34. The fourth-order valence-corrected chi connectivity index (χ4v) is 2.14. The van der Waals surface area contributed by atoms with E-state index in [0.717, 1.165) is 29.9 Å². The number of unbranched alkanes of at least 4 members (excludes halogenated alkanes) is 2. The number of carbonyl (C=O) groups is 1. The summed E-state index contributed by atoms with van der Waals surface area (Å²) in [5.41, 5.74) is 3.21. The first-order valence-corrected chi connectivity index (χ1v) is 7.77. The normalized spacial score (nSPS) is 10.3. The average molecular weight is 297 g/mol. The fraction of sp³-hybridized carbons (Fsp3) is 0.333. The Morgan fingerprint density at radius 3 is 2.64 bits per heavy atom. The molecule has 0 saturated heterocycles. The summed E-state index contributed by atoms with van der Waals surface area (Å²) in [6.07, 6.45) is 5.28. The first kappa shape index (κ1) is 16.0. The zero-order valence-corrected chi connectivity index (χ0v) is 13.2. The molecular weight excluding hydrogens is 274 g/mol. The van der Waals surface area contributed by atoms with Gasteiger partial charge in [0.05, 0.1) is 11.9 Å². The number of hydrogen-bond acceptors (Lipinski definition) is 3. The van der Waals surface area contributed by atoms with Crippen LogP contribution in [0.3, 0.4) is 0 Å². The molecule has 0 atom stereocenters. The van der Waals surface area contributed by atoms with Gasteiger partial charge >= 0.3 is 0 Å². The third-order valence-electron chi connectivity index (χ3n) is 3.50. The van der Waals surface area contributed by atoms with Crippen molar-refractivity contribution in [3.05, 3.63) is 53.9 Å². The molecule has 2 N–H and O–H groups in total. The van der Waals surface area contributed by atoms with Crippen molar-refractivity contribution in [2.75, 3.05) is 17.2 Å². The molecule has 0 fully saturated rings. The molecule has 0 aliphatic carbocycles. The number of hydrogen-bond donors (Lipinski definition) is 2. The summed E-state index contributed by atoms with van der Waals surface area (Å²) in [6, 6.07) is 11.3. The monoisotopic (exact) mass is 297 g/mol. The van der Waals surface area contributed by atoms with E-state index in [2.05, 4.69) is 22.5 Å². The highest BCUT2D eigenvalue weighted by molar-refractivity contribution is 6.03. The number of aromatic nitrogens is 1. The minimum absolute atomic E-state index is 0.188. The van der Waals surface area contributed by atoms with E-state index in [1.807, 2.05) is 37.3 Å². The molecule has 1 heterocycles. The van der Waals surface area contributed by atoms with E-state index in [-0.39, 0.29) is 5.91 Å². The van der Waals surface area contributed by atoms with Gasteiger partial charge in [0.25, 0.3) is 5.91 Å². The lowest BCUT2D eigenvalue weighted by molar-refractivity contribution is 0.102. The van der Waals surface area contributed by atoms with Gasteiger partial charge in [0, 0.05) is 12.2 Å². The van der Waals surface area contributed by atoms with Gasteiger partial charge in [-0.05, 0) is 37.1 Å². The summed E-state index contributed by atoms with van der Waals surface area (Å²) in [5.74, 6) is -0.188. The number of anilines is 2. The number of para-hydroxylation sites is 1. The van der Waals surface area contributed by atoms with E-state index >= 15 is 0 Å². The van der Waals surface area contributed by atoms with Crippen molar-refractivity contribution in [1.82, 2.24) is 4.98 Å². The van der Waals surface area contributed by atoms with E-state index in [9.17, 15) is 4.79 Å². The quantitative estimate of drug-likeness (QED) is 0.751. The number of aryl methyl sites for hydroxylation is 1. The Kier molecular flexibility index (Phi) is 5.95. The molecule has 0 bridgehead atoms. The maximum atomic E-state index is 12.2. The van der Waals surface area contributed by atoms with Gasteiger partial charge in [-0.15, -0.1) is 0 Å². The van der Waals surface area contributed by atoms with Crippen LogP contribution < -0.4 is 10.6 Å². The molecule has 0 unspecified atom stereocenters. The van der Waals surface area contributed by atoms with Gasteiger partial charge < -0.3 is 10.6 Å². The molecule has 4 heteroatoms. The van der Waals surface area contributed by atoms with Gasteiger partial charge in [0.2, 0.25) is 0 Å². The van der Waals surface area contributed by atoms with Gasteiger partial charge in [-0.25, -0.2) is 4.98 Å². The van der Waals surface area contributed by atoms with Crippen molar-refractivity contribution < 1.29 is 4.79 Å². The first-order chi connectivity index (χ1) is 10.7. The van der Waals surface area contributed by atoms with Crippen molar-refractivity contribution in [2.45, 2.75) is 33.1 Å². The maximum Gasteiger partial charge on any atom is 0.274 e. The molecule has 0 aliphatic heterocycles.